The van der Waals surface area contributed by atoms with Crippen LogP contribution in [0.2, 0.25) is 0 Å². The molecule has 0 aliphatic rings. The summed E-state index contributed by atoms with van der Waals surface area (Å²) in [5, 5.41) is 13.3. The summed E-state index contributed by atoms with van der Waals surface area (Å²) in [6.45, 7) is 2.35. The lowest BCUT2D eigenvalue weighted by Crippen LogP contribution is -2.01. The molecule has 13 heavy (non-hydrogen) atoms. The van der Waals surface area contributed by atoms with E-state index in [1.807, 2.05) is 6.07 Å². The zero-order valence-electron chi connectivity index (χ0n) is 7.11. The van der Waals surface area contributed by atoms with Gasteiger partial charge in [0, 0.05) is 13.1 Å². The maximum atomic E-state index is 4.78. The van der Waals surface area contributed by atoms with Gasteiger partial charge >= 0.3 is 0 Å². The summed E-state index contributed by atoms with van der Waals surface area (Å²) in [4.78, 5) is 3.99. The Bertz CT molecular complexity index is 366. The predicted molar refractivity (Wildman–Crippen MR) is 44.9 cm³/mol. The molecule has 0 fully saturated rings. The van der Waals surface area contributed by atoms with Crippen LogP contribution in [0, 0.1) is 6.92 Å². The molecule has 0 aromatic carbocycles. The quantitative estimate of drug-likeness (QED) is 0.725. The van der Waals surface area contributed by atoms with Crippen LogP contribution < -0.4 is 5.32 Å². The van der Waals surface area contributed by atoms with E-state index in [4.69, 9.17) is 4.52 Å². The third-order valence-corrected chi connectivity index (χ3v) is 1.52. The van der Waals surface area contributed by atoms with E-state index in [0.717, 1.165) is 5.69 Å². The summed E-state index contributed by atoms with van der Waals surface area (Å²) in [6, 6.07) is 1.87. The number of hydrogen-bond acceptors (Lipinski definition) is 5. The monoisotopic (exact) mass is 179 g/mol. The lowest BCUT2D eigenvalue weighted by atomic mass is 10.4. The molecule has 68 valence electrons. The van der Waals surface area contributed by atoms with Gasteiger partial charge in [0.25, 0.3) is 5.95 Å². The third-order valence-electron chi connectivity index (χ3n) is 1.52. The van der Waals surface area contributed by atoms with Gasteiger partial charge in [-0.1, -0.05) is 0 Å². The van der Waals surface area contributed by atoms with Gasteiger partial charge in [0.05, 0.1) is 12.2 Å². The van der Waals surface area contributed by atoms with Crippen molar-refractivity contribution in [1.29, 1.82) is 0 Å². The van der Waals surface area contributed by atoms with Crippen LogP contribution in [0.5, 0.6) is 0 Å². The molecule has 0 saturated heterocycles. The number of anilines is 1. The molecule has 0 aliphatic carbocycles. The van der Waals surface area contributed by atoms with Gasteiger partial charge in [-0.3, -0.25) is 5.10 Å². The van der Waals surface area contributed by atoms with E-state index in [-0.39, 0.29) is 0 Å². The van der Waals surface area contributed by atoms with Crippen molar-refractivity contribution in [3.05, 3.63) is 23.8 Å². The number of aromatic amines is 1. The first-order valence-electron chi connectivity index (χ1n) is 3.87. The molecular formula is C7H9N5O. The van der Waals surface area contributed by atoms with Gasteiger partial charge in [0.2, 0.25) is 5.89 Å². The molecule has 0 saturated carbocycles. The minimum absolute atomic E-state index is 0.493. The molecule has 2 aromatic rings. The van der Waals surface area contributed by atoms with Crippen LogP contribution in [-0.4, -0.2) is 20.3 Å². The summed E-state index contributed by atoms with van der Waals surface area (Å²) in [5.41, 5.74) is 0.974. The van der Waals surface area contributed by atoms with Crippen LogP contribution in [0.1, 0.15) is 11.6 Å². The Hall–Kier alpha value is -1.85. The molecule has 2 aromatic heterocycles. The van der Waals surface area contributed by atoms with Gasteiger partial charge in [0.1, 0.15) is 0 Å². The minimum atomic E-state index is 0.493. The van der Waals surface area contributed by atoms with Crippen molar-refractivity contribution in [2.75, 3.05) is 5.32 Å². The Morgan fingerprint density at radius 1 is 1.62 bits per heavy atom. The molecule has 0 amide bonds. The van der Waals surface area contributed by atoms with Crippen molar-refractivity contribution in [3.63, 3.8) is 0 Å². The standard InChI is InChI=1S/C7H9N5O/c1-5-10-7(12-13-5)8-4-6-2-3-9-11-6/h2-3H,4H2,1H3,(H,8,12)(H,9,11). The summed E-state index contributed by atoms with van der Waals surface area (Å²) in [5.74, 6) is 1.04. The number of nitrogens with one attached hydrogen (secondary N) is 2. The van der Waals surface area contributed by atoms with Crippen molar-refractivity contribution in [3.8, 4) is 0 Å². The van der Waals surface area contributed by atoms with Gasteiger partial charge in [0.15, 0.2) is 0 Å². The fraction of sp³-hybridized carbons (Fsp3) is 0.286. The van der Waals surface area contributed by atoms with E-state index in [2.05, 4.69) is 25.7 Å². The Kier molecular flexibility index (Phi) is 1.95. The van der Waals surface area contributed by atoms with Gasteiger partial charge in [-0.25, -0.2) is 0 Å². The second-order valence-electron chi connectivity index (χ2n) is 2.57. The lowest BCUT2D eigenvalue weighted by Gasteiger charge is -1.95. The fourth-order valence-corrected chi connectivity index (χ4v) is 0.928. The number of nitrogens with zero attached hydrogens (tertiary/aromatic N) is 3. The molecule has 0 radical (unpaired) electrons. The molecular weight excluding hydrogens is 170 g/mol. The van der Waals surface area contributed by atoms with Crippen LogP contribution in [0.15, 0.2) is 16.8 Å². The second kappa shape index (κ2) is 3.26. The Morgan fingerprint density at radius 3 is 3.15 bits per heavy atom. The number of rotatable bonds is 3. The molecule has 0 aliphatic heterocycles. The van der Waals surface area contributed by atoms with Crippen LogP contribution in [0.4, 0.5) is 5.95 Å². The average Bonchev–Trinajstić information content (AvgIpc) is 2.71. The first-order chi connectivity index (χ1) is 6.34. The van der Waals surface area contributed by atoms with Crippen LogP contribution in [0.3, 0.4) is 0 Å². The van der Waals surface area contributed by atoms with Crippen molar-refractivity contribution < 1.29 is 4.52 Å². The van der Waals surface area contributed by atoms with Crippen molar-refractivity contribution in [2.45, 2.75) is 13.5 Å². The molecule has 2 heterocycles. The van der Waals surface area contributed by atoms with Crippen LogP contribution >= 0.6 is 0 Å². The molecule has 0 atom stereocenters. The predicted octanol–water partition coefficient (Wildman–Crippen LogP) is 0.713. The first kappa shape index (κ1) is 7.78. The van der Waals surface area contributed by atoms with Gasteiger partial charge in [-0.15, -0.1) is 0 Å². The highest BCUT2D eigenvalue weighted by Crippen LogP contribution is 2.02. The van der Waals surface area contributed by atoms with Gasteiger partial charge in [-0.2, -0.15) is 10.1 Å². The highest BCUT2D eigenvalue weighted by Gasteiger charge is 2.00. The summed E-state index contributed by atoms with van der Waals surface area (Å²) in [7, 11) is 0. The Labute approximate surface area is 74.4 Å². The fourth-order valence-electron chi connectivity index (χ4n) is 0.928. The van der Waals surface area contributed by atoms with Crippen molar-refractivity contribution in [1.82, 2.24) is 20.3 Å². The normalized spacial score (nSPS) is 10.2. The van der Waals surface area contributed by atoms with Crippen molar-refractivity contribution >= 4 is 5.95 Å². The van der Waals surface area contributed by atoms with Gasteiger partial charge in [-0.05, 0) is 11.2 Å². The number of aromatic nitrogens is 4. The maximum Gasteiger partial charge on any atom is 0.263 e. The molecule has 6 heteroatoms. The van der Waals surface area contributed by atoms with Gasteiger partial charge < -0.3 is 9.84 Å². The third kappa shape index (κ3) is 1.84. The lowest BCUT2D eigenvalue weighted by molar-refractivity contribution is 0.394. The van der Waals surface area contributed by atoms with Crippen molar-refractivity contribution in [2.24, 2.45) is 0 Å². The van der Waals surface area contributed by atoms with Crippen LogP contribution in [0.25, 0.3) is 0 Å². The zero-order valence-corrected chi connectivity index (χ0v) is 7.11. The van der Waals surface area contributed by atoms with E-state index >= 15 is 0 Å². The van der Waals surface area contributed by atoms with Crippen LogP contribution in [-0.2, 0) is 6.54 Å². The van der Waals surface area contributed by atoms with E-state index in [0.29, 0.717) is 18.4 Å². The number of hydrogen-bond donors (Lipinski definition) is 2. The topological polar surface area (TPSA) is 79.6 Å². The highest BCUT2D eigenvalue weighted by molar-refractivity contribution is 5.22. The summed E-state index contributed by atoms with van der Waals surface area (Å²) in [6.07, 6.45) is 1.69. The summed E-state index contributed by atoms with van der Waals surface area (Å²) < 4.78 is 4.78. The molecule has 0 unspecified atom stereocenters. The molecule has 2 N–H and O–H groups in total. The number of aryl methyl sites for hydroxylation is 1. The maximum absolute atomic E-state index is 4.78. The molecule has 0 bridgehead atoms. The van der Waals surface area contributed by atoms with E-state index in [1.54, 1.807) is 13.1 Å². The zero-order chi connectivity index (χ0) is 9.10. The minimum Gasteiger partial charge on any atom is -0.346 e. The highest BCUT2D eigenvalue weighted by atomic mass is 16.5. The first-order valence-corrected chi connectivity index (χ1v) is 3.87. The summed E-state index contributed by atoms with van der Waals surface area (Å²) >= 11 is 0. The molecule has 6 nitrogen and oxygen atoms in total. The molecule has 0 spiro atoms. The molecule has 2 rings (SSSR count). The van der Waals surface area contributed by atoms with E-state index < -0.39 is 0 Å². The average molecular weight is 179 g/mol. The van der Waals surface area contributed by atoms with E-state index in [9.17, 15) is 0 Å². The largest absolute Gasteiger partial charge is 0.346 e. The second-order valence-corrected chi connectivity index (χ2v) is 2.57. The number of H-pyrrole nitrogens is 1. The van der Waals surface area contributed by atoms with E-state index in [1.165, 1.54) is 0 Å². The Balaban J connectivity index is 1.93. The SMILES string of the molecule is Cc1nc(NCc2ccn[nH]2)no1. The smallest absolute Gasteiger partial charge is 0.263 e. The Morgan fingerprint density at radius 2 is 2.54 bits per heavy atom.